The van der Waals surface area contributed by atoms with Gasteiger partial charge < -0.3 is 14.8 Å². The summed E-state index contributed by atoms with van der Waals surface area (Å²) in [5.74, 6) is 0.666. The number of benzene rings is 3. The number of carbonyl (C=O) groups excluding carboxylic acids is 1. The molecule has 2 N–H and O–H groups in total. The van der Waals surface area contributed by atoms with Gasteiger partial charge in [0.2, 0.25) is 0 Å². The van der Waals surface area contributed by atoms with Gasteiger partial charge in [-0.25, -0.2) is 8.42 Å². The lowest BCUT2D eigenvalue weighted by Crippen LogP contribution is -2.28. The van der Waals surface area contributed by atoms with Crippen LogP contribution >= 0.6 is 0 Å². The molecule has 0 radical (unpaired) electrons. The highest BCUT2D eigenvalue weighted by molar-refractivity contribution is 7.92. The molecule has 3 aromatic rings. The quantitative estimate of drug-likeness (QED) is 0.529. The van der Waals surface area contributed by atoms with Crippen LogP contribution in [0.3, 0.4) is 0 Å². The summed E-state index contributed by atoms with van der Waals surface area (Å²) in [6, 6.07) is 18.1. The largest absolute Gasteiger partial charge is 0.497 e. The first kappa shape index (κ1) is 23.1. The minimum absolute atomic E-state index is 0.107. The van der Waals surface area contributed by atoms with Crippen molar-refractivity contribution >= 4 is 21.6 Å². The van der Waals surface area contributed by atoms with Gasteiger partial charge in [-0.05, 0) is 61.9 Å². The molecule has 0 fully saturated rings. The Hall–Kier alpha value is -3.52. The monoisotopic (exact) mass is 454 g/mol. The summed E-state index contributed by atoms with van der Waals surface area (Å²) in [4.78, 5) is 13.2. The van der Waals surface area contributed by atoms with Gasteiger partial charge in [-0.15, -0.1) is 0 Å². The zero-order valence-corrected chi connectivity index (χ0v) is 19.2. The van der Waals surface area contributed by atoms with Crippen LogP contribution in [0.1, 0.15) is 34.5 Å². The van der Waals surface area contributed by atoms with E-state index in [2.05, 4.69) is 10.0 Å². The molecule has 0 spiro atoms. The van der Waals surface area contributed by atoms with Gasteiger partial charge in [-0.3, -0.25) is 9.52 Å². The first-order valence-corrected chi connectivity index (χ1v) is 11.4. The first-order chi connectivity index (χ1) is 15.2. The average molecular weight is 455 g/mol. The SMILES string of the molecule is COc1cccc(C(C)NC(=O)c2cc(OC)ccc2NS(=O)(=O)c2ccc(C)cc2)c1. The molecule has 1 amide bonds. The molecule has 0 aliphatic rings. The summed E-state index contributed by atoms with van der Waals surface area (Å²) in [6.07, 6.45) is 0. The van der Waals surface area contributed by atoms with Crippen LogP contribution in [0, 0.1) is 6.92 Å². The number of amides is 1. The van der Waals surface area contributed by atoms with Crippen molar-refractivity contribution in [3.8, 4) is 11.5 Å². The molecular formula is C24H26N2O5S. The molecule has 0 aliphatic heterocycles. The van der Waals surface area contributed by atoms with Crippen LogP contribution in [0.5, 0.6) is 11.5 Å². The maximum Gasteiger partial charge on any atom is 0.261 e. The minimum Gasteiger partial charge on any atom is -0.497 e. The molecule has 0 saturated heterocycles. The zero-order valence-electron chi connectivity index (χ0n) is 18.4. The predicted octanol–water partition coefficient (Wildman–Crippen LogP) is 4.30. The van der Waals surface area contributed by atoms with Crippen molar-refractivity contribution < 1.29 is 22.7 Å². The molecular weight excluding hydrogens is 428 g/mol. The molecule has 0 heterocycles. The van der Waals surface area contributed by atoms with E-state index in [1.807, 2.05) is 38.1 Å². The summed E-state index contributed by atoms with van der Waals surface area (Å²) in [5.41, 5.74) is 2.10. The van der Waals surface area contributed by atoms with Gasteiger partial charge in [-0.1, -0.05) is 29.8 Å². The number of carbonyl (C=O) groups is 1. The highest BCUT2D eigenvalue weighted by Crippen LogP contribution is 2.26. The fourth-order valence-corrected chi connectivity index (χ4v) is 4.20. The molecule has 1 unspecified atom stereocenters. The van der Waals surface area contributed by atoms with Gasteiger partial charge in [0.1, 0.15) is 11.5 Å². The van der Waals surface area contributed by atoms with Crippen molar-refractivity contribution in [2.75, 3.05) is 18.9 Å². The minimum atomic E-state index is -3.88. The molecule has 3 rings (SSSR count). The number of methoxy groups -OCH3 is 2. The zero-order chi connectivity index (χ0) is 23.3. The number of hydrogen-bond acceptors (Lipinski definition) is 5. The van der Waals surface area contributed by atoms with Gasteiger partial charge in [-0.2, -0.15) is 0 Å². The summed E-state index contributed by atoms with van der Waals surface area (Å²) in [6.45, 7) is 3.71. The van der Waals surface area contributed by atoms with Crippen molar-refractivity contribution in [2.24, 2.45) is 0 Å². The van der Waals surface area contributed by atoms with Crippen molar-refractivity contribution in [1.29, 1.82) is 0 Å². The van der Waals surface area contributed by atoms with E-state index in [-0.39, 0.29) is 22.2 Å². The third-order valence-corrected chi connectivity index (χ3v) is 6.37. The molecule has 3 aromatic carbocycles. The van der Waals surface area contributed by atoms with Crippen molar-refractivity contribution in [2.45, 2.75) is 24.8 Å². The van der Waals surface area contributed by atoms with Crippen molar-refractivity contribution in [3.63, 3.8) is 0 Å². The summed E-state index contributed by atoms with van der Waals surface area (Å²) < 4.78 is 38.7. The Morgan fingerprint density at radius 2 is 1.56 bits per heavy atom. The third-order valence-electron chi connectivity index (χ3n) is 4.99. The molecule has 1 atom stereocenters. The van der Waals surface area contributed by atoms with E-state index in [4.69, 9.17) is 9.47 Å². The third kappa shape index (κ3) is 5.39. The van der Waals surface area contributed by atoms with Crippen molar-refractivity contribution in [3.05, 3.63) is 83.4 Å². The van der Waals surface area contributed by atoms with Crippen LogP contribution in [0.4, 0.5) is 5.69 Å². The number of aryl methyl sites for hydroxylation is 1. The molecule has 0 aliphatic carbocycles. The Morgan fingerprint density at radius 3 is 2.22 bits per heavy atom. The molecule has 32 heavy (non-hydrogen) atoms. The Labute approximate surface area is 188 Å². The maximum atomic E-state index is 13.1. The van der Waals surface area contributed by atoms with E-state index in [1.54, 1.807) is 25.3 Å². The van der Waals surface area contributed by atoms with Gasteiger partial charge >= 0.3 is 0 Å². The number of sulfonamides is 1. The fourth-order valence-electron chi connectivity index (χ4n) is 3.12. The summed E-state index contributed by atoms with van der Waals surface area (Å²) in [7, 11) is -0.830. The van der Waals surface area contributed by atoms with Crippen LogP contribution in [0.25, 0.3) is 0 Å². The second-order valence-corrected chi connectivity index (χ2v) is 8.98. The van der Waals surface area contributed by atoms with E-state index in [0.29, 0.717) is 11.5 Å². The van der Waals surface area contributed by atoms with Gasteiger partial charge in [0.15, 0.2) is 0 Å². The van der Waals surface area contributed by atoms with Gasteiger partial charge in [0.05, 0.1) is 36.4 Å². The molecule has 0 aromatic heterocycles. The summed E-state index contributed by atoms with van der Waals surface area (Å²) in [5, 5.41) is 2.90. The number of anilines is 1. The van der Waals surface area contributed by atoms with Crippen LogP contribution in [-0.4, -0.2) is 28.5 Å². The molecule has 8 heteroatoms. The average Bonchev–Trinajstić information content (AvgIpc) is 2.79. The first-order valence-electron chi connectivity index (χ1n) is 9.96. The second kappa shape index (κ2) is 9.74. The number of nitrogens with one attached hydrogen (secondary N) is 2. The maximum absolute atomic E-state index is 13.1. The predicted molar refractivity (Wildman–Crippen MR) is 124 cm³/mol. The number of hydrogen-bond donors (Lipinski definition) is 2. The topological polar surface area (TPSA) is 93.7 Å². The van der Waals surface area contributed by atoms with Crippen LogP contribution in [0.15, 0.2) is 71.6 Å². The Bertz CT molecular complexity index is 1210. The van der Waals surface area contributed by atoms with Crippen molar-refractivity contribution in [1.82, 2.24) is 5.32 Å². The smallest absolute Gasteiger partial charge is 0.261 e. The lowest BCUT2D eigenvalue weighted by atomic mass is 10.1. The fraction of sp³-hybridized carbons (Fsp3) is 0.208. The molecule has 0 bridgehead atoms. The van der Waals surface area contributed by atoms with Gasteiger partial charge in [0, 0.05) is 0 Å². The molecule has 7 nitrogen and oxygen atoms in total. The standard InChI is InChI=1S/C24H26N2O5S/c1-16-8-11-21(12-9-16)32(28,29)26-23-13-10-20(31-4)15-22(23)24(27)25-17(2)18-6-5-7-19(14-18)30-3/h5-15,17,26H,1-4H3,(H,25,27). The van der Waals surface area contributed by atoms with Crippen LogP contribution in [0.2, 0.25) is 0 Å². The lowest BCUT2D eigenvalue weighted by Gasteiger charge is -2.18. The lowest BCUT2D eigenvalue weighted by molar-refractivity contribution is 0.0940. The number of rotatable bonds is 8. The normalized spacial score (nSPS) is 12.0. The van der Waals surface area contributed by atoms with E-state index in [1.165, 1.54) is 31.4 Å². The number of ether oxygens (including phenoxy) is 2. The highest BCUT2D eigenvalue weighted by atomic mass is 32.2. The van der Waals surface area contributed by atoms with Gasteiger partial charge in [0.25, 0.3) is 15.9 Å². The van der Waals surface area contributed by atoms with E-state index >= 15 is 0 Å². The Balaban J connectivity index is 1.89. The Morgan fingerprint density at radius 1 is 0.906 bits per heavy atom. The molecule has 0 saturated carbocycles. The van der Waals surface area contributed by atoms with Crippen LogP contribution < -0.4 is 19.5 Å². The van der Waals surface area contributed by atoms with E-state index in [0.717, 1.165) is 11.1 Å². The Kier molecular flexibility index (Phi) is 7.05. The van der Waals surface area contributed by atoms with Crippen LogP contribution in [-0.2, 0) is 10.0 Å². The highest BCUT2D eigenvalue weighted by Gasteiger charge is 2.21. The van der Waals surface area contributed by atoms with E-state index < -0.39 is 15.9 Å². The molecule has 168 valence electrons. The summed E-state index contributed by atoms with van der Waals surface area (Å²) >= 11 is 0. The second-order valence-electron chi connectivity index (χ2n) is 7.30. The van der Waals surface area contributed by atoms with E-state index in [9.17, 15) is 13.2 Å².